The number of hydrogen-bond acceptors (Lipinski definition) is 3. The van der Waals surface area contributed by atoms with Crippen LogP contribution in [0.1, 0.15) is 17.0 Å². The zero-order valence-corrected chi connectivity index (χ0v) is 15.4. The van der Waals surface area contributed by atoms with Crippen LogP contribution in [-0.4, -0.2) is 21.3 Å². The van der Waals surface area contributed by atoms with Crippen LogP contribution >= 0.6 is 34.8 Å². The van der Waals surface area contributed by atoms with Crippen molar-refractivity contribution >= 4 is 44.9 Å². The Bertz CT molecular complexity index is 791. The Kier molecular flexibility index (Phi) is 6.34. The maximum Gasteiger partial charge on any atom is 0.264 e. The highest BCUT2D eigenvalue weighted by Crippen LogP contribution is 2.31. The molecule has 1 atom stereocenters. The van der Waals surface area contributed by atoms with Crippen LogP contribution in [0.25, 0.3) is 0 Å². The smallest absolute Gasteiger partial charge is 0.264 e. The molecule has 2 rings (SSSR count). The van der Waals surface area contributed by atoms with Crippen molar-refractivity contribution in [2.45, 2.75) is 12.3 Å². The third-order valence-electron chi connectivity index (χ3n) is 3.31. The van der Waals surface area contributed by atoms with E-state index in [-0.39, 0.29) is 12.5 Å². The van der Waals surface area contributed by atoms with Crippen LogP contribution in [0.4, 0.5) is 0 Å². The molecule has 0 spiro atoms. The van der Waals surface area contributed by atoms with Crippen molar-refractivity contribution < 1.29 is 12.6 Å². The van der Waals surface area contributed by atoms with Crippen LogP contribution in [0.15, 0.2) is 42.5 Å². The van der Waals surface area contributed by atoms with Gasteiger partial charge in [-0.3, -0.25) is 4.18 Å². The van der Waals surface area contributed by atoms with Gasteiger partial charge in [0.25, 0.3) is 10.1 Å². The van der Waals surface area contributed by atoms with Crippen LogP contribution in [0.3, 0.4) is 0 Å². The van der Waals surface area contributed by atoms with Gasteiger partial charge in [0.2, 0.25) is 0 Å². The minimum atomic E-state index is -3.55. The van der Waals surface area contributed by atoms with Gasteiger partial charge < -0.3 is 0 Å². The van der Waals surface area contributed by atoms with Gasteiger partial charge in [0.1, 0.15) is 0 Å². The van der Waals surface area contributed by atoms with E-state index < -0.39 is 10.1 Å². The second-order valence-corrected chi connectivity index (χ2v) is 8.04. The lowest BCUT2D eigenvalue weighted by atomic mass is 9.92. The highest BCUT2D eigenvalue weighted by Gasteiger charge is 2.19. The SMILES string of the molecule is CS(=O)(=O)OC[C@H](Cc1ccc(Cl)cc1Cl)c1ccccc1Cl. The van der Waals surface area contributed by atoms with Gasteiger partial charge in [-0.15, -0.1) is 0 Å². The average Bonchev–Trinajstić information content (AvgIpc) is 2.45. The minimum absolute atomic E-state index is 0.0124. The molecule has 0 aliphatic heterocycles. The van der Waals surface area contributed by atoms with E-state index >= 15 is 0 Å². The first kappa shape index (κ1) is 18.6. The van der Waals surface area contributed by atoms with Gasteiger partial charge in [-0.25, -0.2) is 0 Å². The molecule has 0 saturated carbocycles. The summed E-state index contributed by atoms with van der Waals surface area (Å²) in [5.74, 6) is -0.253. The molecule has 0 radical (unpaired) electrons. The summed E-state index contributed by atoms with van der Waals surface area (Å²) < 4.78 is 27.6. The van der Waals surface area contributed by atoms with Gasteiger partial charge in [-0.2, -0.15) is 8.42 Å². The summed E-state index contributed by atoms with van der Waals surface area (Å²) in [6, 6.07) is 12.5. The molecular weight excluding hydrogens is 379 g/mol. The lowest BCUT2D eigenvalue weighted by Crippen LogP contribution is -2.15. The largest absolute Gasteiger partial charge is 0.270 e. The number of halogens is 3. The van der Waals surface area contributed by atoms with Gasteiger partial charge in [-0.1, -0.05) is 59.1 Å². The number of rotatable bonds is 6. The predicted molar refractivity (Wildman–Crippen MR) is 95.2 cm³/mol. The second kappa shape index (κ2) is 7.86. The van der Waals surface area contributed by atoms with E-state index in [1.165, 1.54) is 0 Å². The molecule has 0 saturated heterocycles. The molecule has 0 bridgehead atoms. The van der Waals surface area contributed by atoms with E-state index in [1.807, 2.05) is 24.3 Å². The number of benzene rings is 2. The Morgan fingerprint density at radius 1 is 1.04 bits per heavy atom. The van der Waals surface area contributed by atoms with Gasteiger partial charge in [0.15, 0.2) is 0 Å². The van der Waals surface area contributed by atoms with Crippen LogP contribution in [0.5, 0.6) is 0 Å². The fraction of sp³-hybridized carbons (Fsp3) is 0.250. The molecule has 7 heteroatoms. The highest BCUT2D eigenvalue weighted by atomic mass is 35.5. The Morgan fingerprint density at radius 2 is 1.74 bits per heavy atom. The second-order valence-electron chi connectivity index (χ2n) is 5.15. The summed E-state index contributed by atoms with van der Waals surface area (Å²) in [6.45, 7) is -0.0124. The molecule has 0 amide bonds. The quantitative estimate of drug-likeness (QED) is 0.652. The summed E-state index contributed by atoms with van der Waals surface area (Å²) in [5.41, 5.74) is 1.65. The molecule has 0 aromatic heterocycles. The van der Waals surface area contributed by atoms with E-state index in [2.05, 4.69) is 0 Å². The van der Waals surface area contributed by atoms with Crippen molar-refractivity contribution in [2.24, 2.45) is 0 Å². The summed E-state index contributed by atoms with van der Waals surface area (Å²) in [4.78, 5) is 0. The fourth-order valence-corrected chi connectivity index (χ4v) is 3.41. The van der Waals surface area contributed by atoms with Crippen molar-refractivity contribution in [3.8, 4) is 0 Å². The standard InChI is InChI=1S/C16H15Cl3O3S/c1-23(20,21)22-10-12(14-4-2-3-5-15(14)18)8-11-6-7-13(17)9-16(11)19/h2-7,9,12H,8,10H2,1H3/t12-/m0/s1. The summed E-state index contributed by atoms with van der Waals surface area (Å²) in [5, 5.41) is 1.62. The molecule has 0 aliphatic rings. The predicted octanol–water partition coefficient (Wildman–Crippen LogP) is 4.95. The van der Waals surface area contributed by atoms with E-state index in [0.29, 0.717) is 21.5 Å². The first-order valence-corrected chi connectivity index (χ1v) is 9.74. The van der Waals surface area contributed by atoms with E-state index in [9.17, 15) is 8.42 Å². The molecule has 2 aromatic carbocycles. The third kappa shape index (κ3) is 5.66. The molecule has 23 heavy (non-hydrogen) atoms. The monoisotopic (exact) mass is 392 g/mol. The maximum atomic E-state index is 11.3. The van der Waals surface area contributed by atoms with Crippen molar-refractivity contribution in [1.29, 1.82) is 0 Å². The van der Waals surface area contributed by atoms with Gasteiger partial charge in [0, 0.05) is 21.0 Å². The van der Waals surface area contributed by atoms with Crippen LogP contribution in [0.2, 0.25) is 15.1 Å². The molecule has 0 aliphatic carbocycles. The van der Waals surface area contributed by atoms with Crippen molar-refractivity contribution in [3.63, 3.8) is 0 Å². The molecular formula is C16H15Cl3O3S. The Morgan fingerprint density at radius 3 is 2.35 bits per heavy atom. The fourth-order valence-electron chi connectivity index (χ4n) is 2.22. The van der Waals surface area contributed by atoms with Crippen molar-refractivity contribution in [2.75, 3.05) is 12.9 Å². The molecule has 124 valence electrons. The van der Waals surface area contributed by atoms with Crippen LogP contribution in [-0.2, 0) is 20.7 Å². The summed E-state index contributed by atoms with van der Waals surface area (Å²) in [7, 11) is -3.55. The lowest BCUT2D eigenvalue weighted by molar-refractivity contribution is 0.293. The van der Waals surface area contributed by atoms with Crippen LogP contribution in [0, 0.1) is 0 Å². The third-order valence-corrected chi connectivity index (χ3v) is 4.81. The van der Waals surface area contributed by atoms with Crippen molar-refractivity contribution in [1.82, 2.24) is 0 Å². The molecule has 0 N–H and O–H groups in total. The van der Waals surface area contributed by atoms with Crippen LogP contribution < -0.4 is 0 Å². The molecule has 2 aromatic rings. The zero-order valence-electron chi connectivity index (χ0n) is 12.3. The molecule has 0 fully saturated rings. The highest BCUT2D eigenvalue weighted by molar-refractivity contribution is 7.85. The molecule has 3 nitrogen and oxygen atoms in total. The molecule has 0 heterocycles. The van der Waals surface area contributed by atoms with Gasteiger partial charge in [0.05, 0.1) is 12.9 Å². The Balaban J connectivity index is 2.31. The van der Waals surface area contributed by atoms with Gasteiger partial charge >= 0.3 is 0 Å². The Hall–Kier alpha value is -0.780. The van der Waals surface area contributed by atoms with E-state index in [1.54, 1.807) is 18.2 Å². The topological polar surface area (TPSA) is 43.4 Å². The molecule has 0 unspecified atom stereocenters. The normalized spacial score (nSPS) is 13.0. The summed E-state index contributed by atoms with van der Waals surface area (Å²) >= 11 is 18.4. The summed E-state index contributed by atoms with van der Waals surface area (Å²) in [6.07, 6.45) is 1.50. The zero-order chi connectivity index (χ0) is 17.0. The van der Waals surface area contributed by atoms with E-state index in [0.717, 1.165) is 17.4 Å². The van der Waals surface area contributed by atoms with E-state index in [4.69, 9.17) is 39.0 Å². The minimum Gasteiger partial charge on any atom is -0.270 e. The Labute approximate surface area is 151 Å². The number of hydrogen-bond donors (Lipinski definition) is 0. The lowest BCUT2D eigenvalue weighted by Gasteiger charge is -2.19. The van der Waals surface area contributed by atoms with Gasteiger partial charge in [-0.05, 0) is 35.7 Å². The maximum absolute atomic E-state index is 11.3. The first-order valence-electron chi connectivity index (χ1n) is 6.79. The first-order chi connectivity index (χ1) is 10.8. The van der Waals surface area contributed by atoms with Crippen molar-refractivity contribution in [3.05, 3.63) is 68.7 Å². The average molecular weight is 394 g/mol.